The minimum atomic E-state index is -1.13. The maximum atomic E-state index is 13.1. The molecule has 0 saturated heterocycles. The standard InChI is InChI=1S/C16H14FN3O5/c1-20-12(16(22)23)6-14(18-20)24-8-11-13(7-21)25-19-15(11)9-2-4-10(17)5-3-9/h2-6,21H,7-8H2,1H3,(H,22,23). The second-order valence-electron chi connectivity index (χ2n) is 5.18. The topological polar surface area (TPSA) is 111 Å². The molecule has 0 aliphatic heterocycles. The van der Waals surface area contributed by atoms with E-state index in [9.17, 15) is 14.3 Å². The number of aromatic carboxylic acids is 1. The Hall–Kier alpha value is -3.20. The molecule has 0 unspecified atom stereocenters. The number of carboxylic acid groups (broad SMARTS) is 1. The van der Waals surface area contributed by atoms with Crippen molar-refractivity contribution in [1.82, 2.24) is 14.9 Å². The number of carbonyl (C=O) groups is 1. The Morgan fingerprint density at radius 1 is 1.36 bits per heavy atom. The second-order valence-corrected chi connectivity index (χ2v) is 5.18. The monoisotopic (exact) mass is 347 g/mol. The highest BCUT2D eigenvalue weighted by atomic mass is 19.1. The lowest BCUT2D eigenvalue weighted by atomic mass is 10.1. The largest absolute Gasteiger partial charge is 0.477 e. The molecule has 0 radical (unpaired) electrons. The predicted molar refractivity (Wildman–Crippen MR) is 82.3 cm³/mol. The molecule has 0 bridgehead atoms. The van der Waals surface area contributed by atoms with Crippen LogP contribution < -0.4 is 4.74 Å². The lowest BCUT2D eigenvalue weighted by molar-refractivity contribution is 0.0685. The van der Waals surface area contributed by atoms with Crippen LogP contribution in [0.5, 0.6) is 5.88 Å². The number of halogens is 1. The minimum absolute atomic E-state index is 0.0264. The third kappa shape index (κ3) is 3.36. The molecule has 0 spiro atoms. The molecule has 8 nitrogen and oxygen atoms in total. The van der Waals surface area contributed by atoms with Gasteiger partial charge in [-0.25, -0.2) is 9.18 Å². The zero-order valence-corrected chi connectivity index (χ0v) is 13.1. The summed E-state index contributed by atoms with van der Waals surface area (Å²) in [5.74, 6) is -1.20. The van der Waals surface area contributed by atoms with E-state index in [4.69, 9.17) is 14.4 Å². The first-order valence-electron chi connectivity index (χ1n) is 7.24. The summed E-state index contributed by atoms with van der Waals surface area (Å²) in [6.07, 6.45) is 0. The molecular formula is C16H14FN3O5. The van der Waals surface area contributed by atoms with Crippen LogP contribution >= 0.6 is 0 Å². The van der Waals surface area contributed by atoms with Crippen LogP contribution in [0, 0.1) is 5.82 Å². The number of aryl methyl sites for hydroxylation is 1. The van der Waals surface area contributed by atoms with Crippen LogP contribution in [0.3, 0.4) is 0 Å². The fraction of sp³-hybridized carbons (Fsp3) is 0.188. The van der Waals surface area contributed by atoms with Crippen LogP contribution in [0.1, 0.15) is 21.8 Å². The Morgan fingerprint density at radius 3 is 2.68 bits per heavy atom. The Balaban J connectivity index is 1.86. The number of ether oxygens (including phenoxy) is 1. The number of rotatable bonds is 6. The van der Waals surface area contributed by atoms with Gasteiger partial charge in [0.15, 0.2) is 5.76 Å². The summed E-state index contributed by atoms with van der Waals surface area (Å²) in [6.45, 7) is -0.447. The predicted octanol–water partition coefficient (Wildman–Crippen LogP) is 1.98. The molecule has 0 fully saturated rings. The lowest BCUT2D eigenvalue weighted by Gasteiger charge is -2.04. The highest BCUT2D eigenvalue weighted by molar-refractivity contribution is 5.85. The van der Waals surface area contributed by atoms with Crippen molar-refractivity contribution >= 4 is 5.97 Å². The van der Waals surface area contributed by atoms with Crippen molar-refractivity contribution in [3.63, 3.8) is 0 Å². The van der Waals surface area contributed by atoms with Gasteiger partial charge in [0.2, 0.25) is 5.88 Å². The molecule has 0 aliphatic carbocycles. The third-order valence-corrected chi connectivity index (χ3v) is 3.57. The molecule has 25 heavy (non-hydrogen) atoms. The molecule has 130 valence electrons. The van der Waals surface area contributed by atoms with Crippen LogP contribution in [-0.2, 0) is 20.3 Å². The Labute approximate surface area is 141 Å². The molecule has 0 saturated carbocycles. The quantitative estimate of drug-likeness (QED) is 0.701. The van der Waals surface area contributed by atoms with Crippen molar-refractivity contribution < 1.29 is 28.7 Å². The fourth-order valence-corrected chi connectivity index (χ4v) is 2.31. The summed E-state index contributed by atoms with van der Waals surface area (Å²) >= 11 is 0. The van der Waals surface area contributed by atoms with Gasteiger partial charge in [-0.05, 0) is 24.3 Å². The van der Waals surface area contributed by atoms with Gasteiger partial charge in [0, 0.05) is 18.7 Å². The van der Waals surface area contributed by atoms with E-state index in [1.54, 1.807) is 0 Å². The summed E-state index contributed by atoms with van der Waals surface area (Å²) in [5.41, 5.74) is 1.44. The summed E-state index contributed by atoms with van der Waals surface area (Å²) in [6, 6.07) is 6.91. The Morgan fingerprint density at radius 2 is 2.08 bits per heavy atom. The number of aliphatic hydroxyl groups is 1. The number of benzene rings is 1. The first-order valence-corrected chi connectivity index (χ1v) is 7.24. The van der Waals surface area contributed by atoms with Crippen LogP contribution in [-0.4, -0.2) is 31.1 Å². The fourth-order valence-electron chi connectivity index (χ4n) is 2.31. The zero-order valence-electron chi connectivity index (χ0n) is 13.1. The van der Waals surface area contributed by atoms with Gasteiger partial charge < -0.3 is 19.5 Å². The van der Waals surface area contributed by atoms with Crippen molar-refractivity contribution in [1.29, 1.82) is 0 Å². The average Bonchev–Trinajstić information content (AvgIpc) is 3.16. The molecule has 0 aliphatic rings. The van der Waals surface area contributed by atoms with E-state index in [2.05, 4.69) is 10.3 Å². The molecule has 1 aromatic carbocycles. The van der Waals surface area contributed by atoms with E-state index < -0.39 is 12.6 Å². The summed E-state index contributed by atoms with van der Waals surface area (Å²) in [4.78, 5) is 11.0. The minimum Gasteiger partial charge on any atom is -0.477 e. The summed E-state index contributed by atoms with van der Waals surface area (Å²) in [5, 5.41) is 26.3. The molecule has 0 amide bonds. The van der Waals surface area contributed by atoms with E-state index in [1.807, 2.05) is 0 Å². The SMILES string of the molecule is Cn1nc(OCc2c(-c3ccc(F)cc3)noc2CO)cc1C(=O)O. The molecule has 0 atom stereocenters. The van der Waals surface area contributed by atoms with Crippen molar-refractivity contribution in [2.24, 2.45) is 7.05 Å². The Bertz CT molecular complexity index is 901. The van der Waals surface area contributed by atoms with Gasteiger partial charge in [0.05, 0.1) is 5.56 Å². The maximum absolute atomic E-state index is 13.1. The second kappa shape index (κ2) is 6.73. The van der Waals surface area contributed by atoms with Gasteiger partial charge in [-0.15, -0.1) is 5.10 Å². The lowest BCUT2D eigenvalue weighted by Crippen LogP contribution is -2.04. The van der Waals surface area contributed by atoms with Gasteiger partial charge in [-0.3, -0.25) is 4.68 Å². The number of nitrogens with zero attached hydrogens (tertiary/aromatic N) is 3. The van der Waals surface area contributed by atoms with E-state index in [0.717, 1.165) is 0 Å². The van der Waals surface area contributed by atoms with Crippen molar-refractivity contribution in [3.05, 3.63) is 53.2 Å². The molecule has 2 heterocycles. The number of hydrogen-bond donors (Lipinski definition) is 2. The van der Waals surface area contributed by atoms with Crippen LogP contribution in [0.4, 0.5) is 4.39 Å². The maximum Gasteiger partial charge on any atom is 0.354 e. The van der Waals surface area contributed by atoms with Crippen molar-refractivity contribution in [2.45, 2.75) is 13.2 Å². The molecule has 2 aromatic heterocycles. The molecule has 9 heteroatoms. The first kappa shape index (κ1) is 16.7. The van der Waals surface area contributed by atoms with Crippen molar-refractivity contribution in [2.75, 3.05) is 0 Å². The number of hydrogen-bond acceptors (Lipinski definition) is 6. The van der Waals surface area contributed by atoms with E-state index in [0.29, 0.717) is 16.8 Å². The van der Waals surface area contributed by atoms with Gasteiger partial charge in [0.1, 0.15) is 30.4 Å². The molecule has 3 aromatic rings. The van der Waals surface area contributed by atoms with E-state index in [1.165, 1.54) is 42.1 Å². The number of aromatic nitrogens is 3. The van der Waals surface area contributed by atoms with Crippen LogP contribution in [0.15, 0.2) is 34.9 Å². The van der Waals surface area contributed by atoms with Crippen LogP contribution in [0.25, 0.3) is 11.3 Å². The third-order valence-electron chi connectivity index (χ3n) is 3.57. The Kier molecular flexibility index (Phi) is 4.48. The zero-order chi connectivity index (χ0) is 18.0. The molecular weight excluding hydrogens is 333 g/mol. The first-order chi connectivity index (χ1) is 12.0. The normalized spacial score (nSPS) is 10.8. The van der Waals surface area contributed by atoms with Gasteiger partial charge in [-0.2, -0.15) is 0 Å². The van der Waals surface area contributed by atoms with Gasteiger partial charge >= 0.3 is 5.97 Å². The van der Waals surface area contributed by atoms with E-state index in [-0.39, 0.29) is 29.8 Å². The summed E-state index contributed by atoms with van der Waals surface area (Å²) < 4.78 is 24.9. The number of aliphatic hydroxyl groups excluding tert-OH is 1. The smallest absolute Gasteiger partial charge is 0.354 e. The highest BCUT2D eigenvalue weighted by Crippen LogP contribution is 2.27. The molecule has 2 N–H and O–H groups in total. The van der Waals surface area contributed by atoms with Crippen LogP contribution in [0.2, 0.25) is 0 Å². The van der Waals surface area contributed by atoms with Crippen molar-refractivity contribution in [3.8, 4) is 17.1 Å². The van der Waals surface area contributed by atoms with E-state index >= 15 is 0 Å². The van der Waals surface area contributed by atoms with Gasteiger partial charge in [-0.1, -0.05) is 5.16 Å². The number of carboxylic acids is 1. The van der Waals surface area contributed by atoms with Gasteiger partial charge in [0.25, 0.3) is 0 Å². The molecule has 3 rings (SSSR count). The average molecular weight is 347 g/mol. The highest BCUT2D eigenvalue weighted by Gasteiger charge is 2.19. The summed E-state index contributed by atoms with van der Waals surface area (Å²) in [7, 11) is 1.48.